The first-order chi connectivity index (χ1) is 13.1. The number of hydrogen-bond donors (Lipinski definition) is 3. The number of aliphatic carboxylic acids is 1. The molecular weight excluding hydrogens is 336 g/mol. The van der Waals surface area contributed by atoms with Gasteiger partial charge in [-0.15, -0.1) is 0 Å². The van der Waals surface area contributed by atoms with Gasteiger partial charge in [0.15, 0.2) is 0 Å². The Morgan fingerprint density at radius 1 is 1.30 bits per heavy atom. The number of aryl methyl sites for hydroxylation is 1. The average Bonchev–Trinajstić information content (AvgIpc) is 3.26. The predicted octanol–water partition coefficient (Wildman–Crippen LogP) is 4.48. The first-order valence-corrected chi connectivity index (χ1v) is 9.44. The van der Waals surface area contributed by atoms with Crippen LogP contribution in [0.25, 0.3) is 17.0 Å². The Hall–Kier alpha value is -2.85. The summed E-state index contributed by atoms with van der Waals surface area (Å²) in [5.41, 5.74) is 6.54. The molecule has 0 radical (unpaired) electrons. The van der Waals surface area contributed by atoms with Crippen molar-refractivity contribution in [2.45, 2.75) is 32.2 Å². The third-order valence-electron chi connectivity index (χ3n) is 5.43. The zero-order chi connectivity index (χ0) is 18.8. The molecule has 3 N–H and O–H groups in total. The number of hydrogen-bond acceptors (Lipinski definition) is 2. The van der Waals surface area contributed by atoms with E-state index in [0.29, 0.717) is 11.6 Å². The van der Waals surface area contributed by atoms with Crippen LogP contribution in [0.5, 0.6) is 0 Å². The van der Waals surface area contributed by atoms with Crippen LogP contribution >= 0.6 is 0 Å². The van der Waals surface area contributed by atoms with Gasteiger partial charge in [0.25, 0.3) is 0 Å². The minimum Gasteiger partial charge on any atom is -0.478 e. The van der Waals surface area contributed by atoms with E-state index in [4.69, 9.17) is 5.11 Å². The lowest BCUT2D eigenvalue weighted by Crippen LogP contribution is -2.21. The summed E-state index contributed by atoms with van der Waals surface area (Å²) in [5.74, 6) is -0.868. The van der Waals surface area contributed by atoms with Gasteiger partial charge in [-0.1, -0.05) is 36.4 Å². The maximum atomic E-state index is 11.0. The number of H-pyrrole nitrogens is 1. The maximum Gasteiger partial charge on any atom is 0.331 e. The Morgan fingerprint density at radius 3 is 3.00 bits per heavy atom. The molecule has 0 amide bonds. The highest BCUT2D eigenvalue weighted by Crippen LogP contribution is 2.32. The van der Waals surface area contributed by atoms with E-state index in [-0.39, 0.29) is 0 Å². The molecule has 4 rings (SSSR count). The number of nitrogens with one attached hydrogen (secondary N) is 2. The number of carbonyl (C=O) groups is 1. The van der Waals surface area contributed by atoms with E-state index in [1.165, 1.54) is 27.6 Å². The summed E-state index contributed by atoms with van der Waals surface area (Å²) >= 11 is 0. The van der Waals surface area contributed by atoms with E-state index in [0.717, 1.165) is 31.4 Å². The number of fused-ring (bicyclic) bond motifs is 2. The molecular formula is C23H24N2O2. The number of para-hydroxylation sites is 1. The molecule has 1 heterocycles. The normalized spacial score (nSPS) is 16.6. The fourth-order valence-electron chi connectivity index (χ4n) is 3.97. The quantitative estimate of drug-likeness (QED) is 0.568. The van der Waals surface area contributed by atoms with Gasteiger partial charge in [-0.2, -0.15) is 0 Å². The van der Waals surface area contributed by atoms with Crippen molar-refractivity contribution < 1.29 is 9.90 Å². The molecule has 3 aromatic rings. The van der Waals surface area contributed by atoms with Gasteiger partial charge < -0.3 is 15.4 Å². The van der Waals surface area contributed by atoms with Gasteiger partial charge in [0.1, 0.15) is 0 Å². The fraction of sp³-hybridized carbons (Fsp3) is 0.261. The summed E-state index contributed by atoms with van der Waals surface area (Å²) in [5, 5.41) is 14.0. The zero-order valence-electron chi connectivity index (χ0n) is 15.5. The van der Waals surface area contributed by atoms with Crippen molar-refractivity contribution in [3.05, 3.63) is 76.5 Å². The van der Waals surface area contributed by atoms with Gasteiger partial charge in [-0.05, 0) is 67.1 Å². The van der Waals surface area contributed by atoms with E-state index < -0.39 is 5.97 Å². The number of rotatable bonds is 6. The smallest absolute Gasteiger partial charge is 0.331 e. The number of benzene rings is 2. The molecule has 4 nitrogen and oxygen atoms in total. The number of aromatic amines is 1. The minimum absolute atomic E-state index is 0.362. The molecule has 0 aliphatic heterocycles. The third kappa shape index (κ3) is 3.67. The van der Waals surface area contributed by atoms with Crippen LogP contribution < -0.4 is 5.32 Å². The van der Waals surface area contributed by atoms with Crippen LogP contribution in [-0.2, 0) is 17.6 Å². The van der Waals surface area contributed by atoms with Gasteiger partial charge in [0.2, 0.25) is 0 Å². The highest BCUT2D eigenvalue weighted by Gasteiger charge is 2.22. The summed E-state index contributed by atoms with van der Waals surface area (Å²) in [6.07, 6.45) is 6.97. The maximum absolute atomic E-state index is 11.0. The molecule has 0 fully saturated rings. The SMILES string of the molecule is CC(=Cc1ccc2c(c1)CCC2NCCc1c[nH]c2ccccc12)C(=O)O. The standard InChI is InChI=1S/C23H24N2O2/c1-15(23(26)27)12-16-6-8-20-17(13-16)7-9-22(20)24-11-10-18-14-25-21-5-3-2-4-19(18)21/h2-6,8,12-14,22,24-25H,7,9-11H2,1H3,(H,26,27). The highest BCUT2D eigenvalue weighted by atomic mass is 16.4. The van der Waals surface area contributed by atoms with E-state index >= 15 is 0 Å². The lowest BCUT2D eigenvalue weighted by Gasteiger charge is -2.14. The largest absolute Gasteiger partial charge is 0.478 e. The minimum atomic E-state index is -0.868. The molecule has 0 bridgehead atoms. The second-order valence-electron chi connectivity index (χ2n) is 7.25. The van der Waals surface area contributed by atoms with Crippen molar-refractivity contribution in [1.82, 2.24) is 10.3 Å². The first kappa shape index (κ1) is 17.6. The molecule has 1 aliphatic carbocycles. The van der Waals surface area contributed by atoms with Crippen LogP contribution in [0.4, 0.5) is 0 Å². The second-order valence-corrected chi connectivity index (χ2v) is 7.25. The Balaban J connectivity index is 1.41. The van der Waals surface area contributed by atoms with Gasteiger partial charge in [0, 0.05) is 28.7 Å². The summed E-state index contributed by atoms with van der Waals surface area (Å²) in [7, 11) is 0. The molecule has 138 valence electrons. The van der Waals surface area contributed by atoms with Crippen LogP contribution in [0.15, 0.2) is 54.2 Å². The van der Waals surface area contributed by atoms with Crippen LogP contribution in [0.1, 0.15) is 41.6 Å². The molecule has 0 saturated heterocycles. The van der Waals surface area contributed by atoms with Crippen LogP contribution in [0, 0.1) is 0 Å². The van der Waals surface area contributed by atoms with Gasteiger partial charge in [-0.25, -0.2) is 4.79 Å². The summed E-state index contributed by atoms with van der Waals surface area (Å²) in [4.78, 5) is 14.3. The molecule has 1 aliphatic rings. The van der Waals surface area contributed by atoms with Crippen LogP contribution in [0.3, 0.4) is 0 Å². The molecule has 0 saturated carbocycles. The van der Waals surface area contributed by atoms with Crippen molar-refractivity contribution in [3.63, 3.8) is 0 Å². The molecule has 27 heavy (non-hydrogen) atoms. The van der Waals surface area contributed by atoms with Crippen molar-refractivity contribution in [2.24, 2.45) is 0 Å². The molecule has 4 heteroatoms. The van der Waals surface area contributed by atoms with Crippen molar-refractivity contribution >= 4 is 22.9 Å². The van der Waals surface area contributed by atoms with Crippen molar-refractivity contribution in [2.75, 3.05) is 6.54 Å². The Morgan fingerprint density at radius 2 is 2.15 bits per heavy atom. The fourth-order valence-corrected chi connectivity index (χ4v) is 3.97. The number of carboxylic acids is 1. The highest BCUT2D eigenvalue weighted by molar-refractivity contribution is 5.91. The monoisotopic (exact) mass is 360 g/mol. The van der Waals surface area contributed by atoms with Gasteiger partial charge in [0.05, 0.1) is 0 Å². The van der Waals surface area contributed by atoms with Crippen molar-refractivity contribution in [3.8, 4) is 0 Å². The zero-order valence-corrected chi connectivity index (χ0v) is 15.5. The number of carboxylic acid groups (broad SMARTS) is 1. The molecule has 1 aromatic heterocycles. The number of aromatic nitrogens is 1. The molecule has 0 spiro atoms. The second kappa shape index (κ2) is 7.41. The van der Waals surface area contributed by atoms with E-state index in [2.05, 4.69) is 52.9 Å². The Labute approximate surface area is 158 Å². The summed E-state index contributed by atoms with van der Waals surface area (Å²) in [6.45, 7) is 2.57. The molecule has 1 atom stereocenters. The lowest BCUT2D eigenvalue weighted by atomic mass is 10.0. The van der Waals surface area contributed by atoms with E-state index in [9.17, 15) is 4.79 Å². The summed E-state index contributed by atoms with van der Waals surface area (Å²) in [6, 6.07) is 15.1. The molecule has 1 unspecified atom stereocenters. The van der Waals surface area contributed by atoms with Crippen LogP contribution in [-0.4, -0.2) is 22.6 Å². The van der Waals surface area contributed by atoms with Crippen molar-refractivity contribution in [1.29, 1.82) is 0 Å². The van der Waals surface area contributed by atoms with Gasteiger partial charge >= 0.3 is 5.97 Å². The van der Waals surface area contributed by atoms with E-state index in [1.807, 2.05) is 6.07 Å². The first-order valence-electron chi connectivity index (χ1n) is 9.44. The lowest BCUT2D eigenvalue weighted by molar-refractivity contribution is -0.132. The van der Waals surface area contributed by atoms with Crippen LogP contribution in [0.2, 0.25) is 0 Å². The predicted molar refractivity (Wildman–Crippen MR) is 109 cm³/mol. The third-order valence-corrected chi connectivity index (χ3v) is 5.43. The van der Waals surface area contributed by atoms with E-state index in [1.54, 1.807) is 13.0 Å². The topological polar surface area (TPSA) is 65.1 Å². The van der Waals surface area contributed by atoms with Gasteiger partial charge in [-0.3, -0.25) is 0 Å². The Bertz CT molecular complexity index is 1020. The summed E-state index contributed by atoms with van der Waals surface area (Å²) < 4.78 is 0. The average molecular weight is 360 g/mol. The molecule has 2 aromatic carbocycles. The Kier molecular flexibility index (Phi) is 4.82.